The minimum absolute atomic E-state index is 0.0517. The lowest BCUT2D eigenvalue weighted by Crippen LogP contribution is -2.32. The van der Waals surface area contributed by atoms with Crippen molar-refractivity contribution < 1.29 is 4.74 Å². The first-order chi connectivity index (χ1) is 9.39. The van der Waals surface area contributed by atoms with Gasteiger partial charge in [-0.1, -0.05) is 37.6 Å². The van der Waals surface area contributed by atoms with Gasteiger partial charge in [0.1, 0.15) is 0 Å². The second kappa shape index (κ2) is 7.80. The number of rotatable bonds is 8. The highest BCUT2D eigenvalue weighted by Crippen LogP contribution is 2.23. The Balaban J connectivity index is 2.85. The van der Waals surface area contributed by atoms with Crippen LogP contribution in [0.5, 0.6) is 0 Å². The largest absolute Gasteiger partial charge is 0.374 e. The normalized spacial score (nSPS) is 13.5. The third-order valence-electron chi connectivity index (χ3n) is 3.94. The van der Waals surface area contributed by atoms with Gasteiger partial charge in [-0.05, 0) is 58.2 Å². The molecule has 0 saturated heterocycles. The lowest BCUT2D eigenvalue weighted by Gasteiger charge is -2.28. The van der Waals surface area contributed by atoms with Crippen molar-refractivity contribution in [3.8, 4) is 0 Å². The summed E-state index contributed by atoms with van der Waals surface area (Å²) in [4.78, 5) is 0. The average Bonchev–Trinajstić information content (AvgIpc) is 2.42. The molecule has 1 unspecified atom stereocenters. The molecule has 1 atom stereocenters. The summed E-state index contributed by atoms with van der Waals surface area (Å²) in [5, 5.41) is 3.63. The Morgan fingerprint density at radius 2 is 1.90 bits per heavy atom. The number of nitrogens with one attached hydrogen (secondary N) is 1. The lowest BCUT2D eigenvalue weighted by molar-refractivity contribution is -0.0308. The minimum atomic E-state index is -0.0517. The van der Waals surface area contributed by atoms with Gasteiger partial charge in [-0.3, -0.25) is 0 Å². The molecule has 0 amide bonds. The van der Waals surface area contributed by atoms with E-state index in [1.807, 2.05) is 0 Å². The molecule has 0 bridgehead atoms. The van der Waals surface area contributed by atoms with Gasteiger partial charge in [-0.2, -0.15) is 0 Å². The third kappa shape index (κ3) is 5.26. The Bertz CT molecular complexity index is 412. The fraction of sp³-hybridized carbons (Fsp3) is 0.667. The second-order valence-electron chi connectivity index (χ2n) is 6.29. The highest BCUT2D eigenvalue weighted by Gasteiger charge is 2.20. The smallest absolute Gasteiger partial charge is 0.0668 e. The molecule has 0 aliphatic carbocycles. The fourth-order valence-corrected chi connectivity index (χ4v) is 2.12. The standard InChI is InChI=1S/C18H31NO/c1-7-11-19-17(13-20-18(5,6)8-2)16-12-14(3)9-10-15(16)4/h9-10,12,17,19H,7-8,11,13H2,1-6H3. The SMILES string of the molecule is CCCNC(COC(C)(C)CC)c1cc(C)ccc1C. The van der Waals surface area contributed by atoms with Gasteiger partial charge in [0.05, 0.1) is 18.2 Å². The van der Waals surface area contributed by atoms with Gasteiger partial charge in [0.25, 0.3) is 0 Å². The Morgan fingerprint density at radius 3 is 2.50 bits per heavy atom. The topological polar surface area (TPSA) is 21.3 Å². The van der Waals surface area contributed by atoms with Gasteiger partial charge < -0.3 is 10.1 Å². The predicted octanol–water partition coefficient (Wildman–Crippen LogP) is 4.55. The highest BCUT2D eigenvalue weighted by molar-refractivity contribution is 5.33. The van der Waals surface area contributed by atoms with Crippen LogP contribution in [0.2, 0.25) is 0 Å². The van der Waals surface area contributed by atoms with Crippen LogP contribution in [-0.2, 0) is 4.74 Å². The second-order valence-corrected chi connectivity index (χ2v) is 6.29. The fourth-order valence-electron chi connectivity index (χ4n) is 2.12. The van der Waals surface area contributed by atoms with Crippen molar-refractivity contribution in [1.29, 1.82) is 0 Å². The molecule has 0 radical (unpaired) electrons. The van der Waals surface area contributed by atoms with Gasteiger partial charge in [0.2, 0.25) is 0 Å². The number of aryl methyl sites for hydroxylation is 2. The summed E-state index contributed by atoms with van der Waals surface area (Å²) in [6, 6.07) is 6.94. The van der Waals surface area contributed by atoms with Gasteiger partial charge in [-0.15, -0.1) is 0 Å². The van der Waals surface area contributed by atoms with E-state index in [-0.39, 0.29) is 11.6 Å². The first kappa shape index (κ1) is 17.2. The molecule has 114 valence electrons. The summed E-state index contributed by atoms with van der Waals surface area (Å²) in [7, 11) is 0. The molecule has 0 saturated carbocycles. The van der Waals surface area contributed by atoms with Crippen molar-refractivity contribution in [2.24, 2.45) is 0 Å². The van der Waals surface area contributed by atoms with Crippen LogP contribution in [0.3, 0.4) is 0 Å². The Hall–Kier alpha value is -0.860. The van der Waals surface area contributed by atoms with Crippen molar-refractivity contribution >= 4 is 0 Å². The summed E-state index contributed by atoms with van der Waals surface area (Å²) < 4.78 is 6.12. The highest BCUT2D eigenvalue weighted by atomic mass is 16.5. The van der Waals surface area contributed by atoms with Crippen LogP contribution < -0.4 is 5.32 Å². The average molecular weight is 277 g/mol. The molecule has 0 aliphatic rings. The molecule has 1 rings (SSSR count). The van der Waals surface area contributed by atoms with Crippen LogP contribution >= 0.6 is 0 Å². The first-order valence-corrected chi connectivity index (χ1v) is 7.84. The van der Waals surface area contributed by atoms with Crippen molar-refractivity contribution in [3.05, 3.63) is 34.9 Å². The maximum Gasteiger partial charge on any atom is 0.0668 e. The summed E-state index contributed by atoms with van der Waals surface area (Å²) in [5.74, 6) is 0. The van der Waals surface area contributed by atoms with E-state index in [2.05, 4.69) is 65.1 Å². The van der Waals surface area contributed by atoms with E-state index in [1.54, 1.807) is 0 Å². The van der Waals surface area contributed by atoms with Gasteiger partial charge in [0, 0.05) is 0 Å². The zero-order valence-electron chi connectivity index (χ0n) is 14.0. The molecule has 1 N–H and O–H groups in total. The summed E-state index contributed by atoms with van der Waals surface area (Å²) in [5.41, 5.74) is 3.96. The van der Waals surface area contributed by atoms with Gasteiger partial charge >= 0.3 is 0 Å². The quantitative estimate of drug-likeness (QED) is 0.752. The molecule has 0 aromatic heterocycles. The molecular formula is C18H31NO. The van der Waals surface area contributed by atoms with Crippen LogP contribution in [0, 0.1) is 13.8 Å². The Morgan fingerprint density at radius 1 is 1.20 bits per heavy atom. The molecule has 1 aromatic rings. The maximum absolute atomic E-state index is 6.12. The van der Waals surface area contributed by atoms with Crippen molar-refractivity contribution in [3.63, 3.8) is 0 Å². The van der Waals surface area contributed by atoms with Crippen LogP contribution in [-0.4, -0.2) is 18.8 Å². The van der Waals surface area contributed by atoms with E-state index in [4.69, 9.17) is 4.74 Å². The van der Waals surface area contributed by atoms with Crippen molar-refractivity contribution in [2.75, 3.05) is 13.2 Å². The van der Waals surface area contributed by atoms with Crippen LogP contribution in [0.1, 0.15) is 63.3 Å². The van der Waals surface area contributed by atoms with Crippen LogP contribution in [0.25, 0.3) is 0 Å². The molecule has 20 heavy (non-hydrogen) atoms. The predicted molar refractivity (Wildman–Crippen MR) is 87.3 cm³/mol. The molecule has 2 heteroatoms. The molecule has 0 spiro atoms. The zero-order valence-corrected chi connectivity index (χ0v) is 14.0. The van der Waals surface area contributed by atoms with E-state index in [0.29, 0.717) is 0 Å². The van der Waals surface area contributed by atoms with Crippen molar-refractivity contribution in [1.82, 2.24) is 5.32 Å². The van der Waals surface area contributed by atoms with E-state index >= 15 is 0 Å². The summed E-state index contributed by atoms with van der Waals surface area (Å²) >= 11 is 0. The van der Waals surface area contributed by atoms with E-state index in [0.717, 1.165) is 26.0 Å². The Kier molecular flexibility index (Phi) is 6.70. The summed E-state index contributed by atoms with van der Waals surface area (Å²) in [6.07, 6.45) is 2.17. The van der Waals surface area contributed by atoms with E-state index in [1.165, 1.54) is 16.7 Å². The lowest BCUT2D eigenvalue weighted by atomic mass is 9.98. The number of ether oxygens (including phenoxy) is 1. The van der Waals surface area contributed by atoms with E-state index in [9.17, 15) is 0 Å². The van der Waals surface area contributed by atoms with E-state index < -0.39 is 0 Å². The minimum Gasteiger partial charge on any atom is -0.374 e. The zero-order chi connectivity index (χ0) is 15.2. The number of benzene rings is 1. The first-order valence-electron chi connectivity index (χ1n) is 7.84. The molecule has 0 aliphatic heterocycles. The van der Waals surface area contributed by atoms with Crippen molar-refractivity contribution in [2.45, 2.75) is 66.0 Å². The Labute approximate surface area is 124 Å². The van der Waals surface area contributed by atoms with Gasteiger partial charge in [0.15, 0.2) is 0 Å². The molecule has 2 nitrogen and oxygen atoms in total. The summed E-state index contributed by atoms with van der Waals surface area (Å²) in [6.45, 7) is 14.8. The monoisotopic (exact) mass is 277 g/mol. The molecule has 0 heterocycles. The van der Waals surface area contributed by atoms with Crippen LogP contribution in [0.4, 0.5) is 0 Å². The van der Waals surface area contributed by atoms with Crippen LogP contribution in [0.15, 0.2) is 18.2 Å². The number of hydrogen-bond acceptors (Lipinski definition) is 2. The maximum atomic E-state index is 6.12. The number of hydrogen-bond donors (Lipinski definition) is 1. The molecular weight excluding hydrogens is 246 g/mol. The third-order valence-corrected chi connectivity index (χ3v) is 3.94. The van der Waals surface area contributed by atoms with Gasteiger partial charge in [-0.25, -0.2) is 0 Å². The molecule has 1 aromatic carbocycles. The molecule has 0 fully saturated rings.